The van der Waals surface area contributed by atoms with E-state index in [1.54, 1.807) is 0 Å². The lowest BCUT2D eigenvalue weighted by Crippen LogP contribution is -2.40. The second-order valence-corrected chi connectivity index (χ2v) is 6.83. The Balaban J connectivity index is 2.11. The van der Waals surface area contributed by atoms with E-state index in [-0.39, 0.29) is 11.5 Å². The molecule has 1 aromatic carbocycles. The average molecular weight is 290 g/mol. The number of benzene rings is 1. The van der Waals surface area contributed by atoms with Crippen LogP contribution in [-0.2, 0) is 9.84 Å². The zero-order valence-corrected chi connectivity index (χ0v) is 10.6. The van der Waals surface area contributed by atoms with Crippen LogP contribution in [0.5, 0.6) is 0 Å². The van der Waals surface area contributed by atoms with Gasteiger partial charge >= 0.3 is 0 Å². The molecule has 0 aromatic heterocycles. The van der Waals surface area contributed by atoms with Crippen LogP contribution in [0.25, 0.3) is 0 Å². The van der Waals surface area contributed by atoms with Gasteiger partial charge in [-0.3, -0.25) is 0 Å². The maximum absolute atomic E-state index is 11.2. The van der Waals surface area contributed by atoms with E-state index < -0.39 is 9.84 Å². The van der Waals surface area contributed by atoms with E-state index in [0.29, 0.717) is 13.1 Å². The Morgan fingerprint density at radius 2 is 1.60 bits per heavy atom. The zero-order valence-electron chi connectivity index (χ0n) is 8.19. The highest BCUT2D eigenvalue weighted by molar-refractivity contribution is 9.10. The predicted molar refractivity (Wildman–Crippen MR) is 65.0 cm³/mol. The molecule has 82 valence electrons. The van der Waals surface area contributed by atoms with Crippen LogP contribution in [0.4, 0.5) is 5.69 Å². The monoisotopic (exact) mass is 289 g/mol. The second kappa shape index (κ2) is 4.14. The third-order valence-corrected chi connectivity index (χ3v) is 4.67. The molecule has 0 unspecified atom stereocenters. The SMILES string of the molecule is O=S1(=O)CCN(c2ccc(Br)cc2)CC1. The van der Waals surface area contributed by atoms with Gasteiger partial charge in [-0.2, -0.15) is 0 Å². The van der Waals surface area contributed by atoms with Gasteiger partial charge < -0.3 is 4.90 Å². The van der Waals surface area contributed by atoms with Crippen LogP contribution in [0.3, 0.4) is 0 Å². The molecule has 1 heterocycles. The minimum absolute atomic E-state index is 0.267. The Labute approximate surface area is 98.1 Å². The summed E-state index contributed by atoms with van der Waals surface area (Å²) in [6.07, 6.45) is 0. The molecular formula is C10H12BrNO2S. The van der Waals surface area contributed by atoms with Crippen molar-refractivity contribution in [1.29, 1.82) is 0 Å². The average Bonchev–Trinajstić information content (AvgIpc) is 2.20. The summed E-state index contributed by atoms with van der Waals surface area (Å²) in [5.41, 5.74) is 1.09. The lowest BCUT2D eigenvalue weighted by molar-refractivity contribution is 0.587. The van der Waals surface area contributed by atoms with Gasteiger partial charge in [0.25, 0.3) is 0 Å². The van der Waals surface area contributed by atoms with Crippen LogP contribution in [0.2, 0.25) is 0 Å². The van der Waals surface area contributed by atoms with Gasteiger partial charge in [-0.25, -0.2) is 8.42 Å². The van der Waals surface area contributed by atoms with Gasteiger partial charge in [-0.15, -0.1) is 0 Å². The molecule has 0 atom stereocenters. The van der Waals surface area contributed by atoms with Crippen LogP contribution < -0.4 is 4.90 Å². The molecule has 1 fully saturated rings. The van der Waals surface area contributed by atoms with Crippen LogP contribution in [-0.4, -0.2) is 33.0 Å². The van der Waals surface area contributed by atoms with E-state index in [1.807, 2.05) is 24.3 Å². The minimum atomic E-state index is -2.78. The van der Waals surface area contributed by atoms with Gasteiger partial charge in [0.15, 0.2) is 9.84 Å². The van der Waals surface area contributed by atoms with Crippen LogP contribution in [0.15, 0.2) is 28.7 Å². The maximum atomic E-state index is 11.2. The molecule has 1 aliphatic heterocycles. The van der Waals surface area contributed by atoms with Crippen molar-refractivity contribution in [3.05, 3.63) is 28.7 Å². The normalized spacial score (nSPS) is 20.2. The third kappa shape index (κ3) is 2.72. The first-order valence-corrected chi connectivity index (χ1v) is 7.39. The topological polar surface area (TPSA) is 37.4 Å². The van der Waals surface area contributed by atoms with Crippen molar-refractivity contribution in [3.8, 4) is 0 Å². The molecule has 0 bridgehead atoms. The molecule has 0 amide bonds. The summed E-state index contributed by atoms with van der Waals surface area (Å²) in [5.74, 6) is 0.534. The lowest BCUT2D eigenvalue weighted by Gasteiger charge is -2.28. The molecule has 1 saturated heterocycles. The molecule has 1 aliphatic rings. The van der Waals surface area contributed by atoms with Crippen molar-refractivity contribution in [1.82, 2.24) is 0 Å². The van der Waals surface area contributed by atoms with E-state index >= 15 is 0 Å². The van der Waals surface area contributed by atoms with E-state index in [2.05, 4.69) is 20.8 Å². The smallest absolute Gasteiger partial charge is 0.153 e. The molecular weight excluding hydrogens is 278 g/mol. The highest BCUT2D eigenvalue weighted by atomic mass is 79.9. The molecule has 15 heavy (non-hydrogen) atoms. The van der Waals surface area contributed by atoms with Crippen molar-refractivity contribution in [2.24, 2.45) is 0 Å². The Bertz CT molecular complexity index is 427. The van der Waals surface area contributed by atoms with E-state index in [9.17, 15) is 8.42 Å². The van der Waals surface area contributed by atoms with Gasteiger partial charge in [0.2, 0.25) is 0 Å². The number of hydrogen-bond acceptors (Lipinski definition) is 3. The Morgan fingerprint density at radius 3 is 2.13 bits per heavy atom. The molecule has 2 rings (SSSR count). The van der Waals surface area contributed by atoms with Crippen molar-refractivity contribution < 1.29 is 8.42 Å². The summed E-state index contributed by atoms with van der Waals surface area (Å²) < 4.78 is 23.5. The van der Waals surface area contributed by atoms with Crippen molar-refractivity contribution >= 4 is 31.5 Å². The standard InChI is InChI=1S/C10H12BrNO2S/c11-9-1-3-10(4-2-9)12-5-7-15(13,14)8-6-12/h1-4H,5-8H2. The molecule has 0 spiro atoms. The van der Waals surface area contributed by atoms with Crippen LogP contribution in [0, 0.1) is 0 Å². The lowest BCUT2D eigenvalue weighted by atomic mass is 10.3. The molecule has 0 saturated carbocycles. The minimum Gasteiger partial charge on any atom is -0.369 e. The number of halogens is 1. The third-order valence-electron chi connectivity index (χ3n) is 2.54. The van der Waals surface area contributed by atoms with E-state index in [4.69, 9.17) is 0 Å². The fraction of sp³-hybridized carbons (Fsp3) is 0.400. The van der Waals surface area contributed by atoms with E-state index in [0.717, 1.165) is 10.2 Å². The number of hydrogen-bond donors (Lipinski definition) is 0. The summed E-state index contributed by atoms with van der Waals surface area (Å²) in [4.78, 5) is 2.10. The molecule has 5 heteroatoms. The molecule has 0 aliphatic carbocycles. The quantitative estimate of drug-likeness (QED) is 0.790. The van der Waals surface area contributed by atoms with Gasteiger partial charge in [0, 0.05) is 23.2 Å². The Kier molecular flexibility index (Phi) is 3.02. The highest BCUT2D eigenvalue weighted by Crippen LogP contribution is 2.20. The van der Waals surface area contributed by atoms with Crippen LogP contribution >= 0.6 is 15.9 Å². The largest absolute Gasteiger partial charge is 0.369 e. The fourth-order valence-corrected chi connectivity index (χ4v) is 3.09. The summed E-state index contributed by atoms with van der Waals surface area (Å²) >= 11 is 3.37. The van der Waals surface area contributed by atoms with Crippen molar-refractivity contribution in [3.63, 3.8) is 0 Å². The summed E-state index contributed by atoms with van der Waals surface area (Å²) in [7, 11) is -2.78. The molecule has 0 N–H and O–H groups in total. The number of nitrogens with zero attached hydrogens (tertiary/aromatic N) is 1. The highest BCUT2D eigenvalue weighted by Gasteiger charge is 2.21. The Morgan fingerprint density at radius 1 is 1.07 bits per heavy atom. The number of rotatable bonds is 1. The summed E-state index contributed by atoms with van der Waals surface area (Å²) in [6, 6.07) is 7.95. The summed E-state index contributed by atoms with van der Waals surface area (Å²) in [6.45, 7) is 1.20. The fourth-order valence-electron chi connectivity index (χ4n) is 1.62. The van der Waals surface area contributed by atoms with Gasteiger partial charge in [0.1, 0.15) is 0 Å². The summed E-state index contributed by atoms with van der Waals surface area (Å²) in [5, 5.41) is 0. The number of sulfone groups is 1. The number of anilines is 1. The van der Waals surface area contributed by atoms with Crippen molar-refractivity contribution in [2.45, 2.75) is 0 Å². The molecule has 0 radical (unpaired) electrons. The molecule has 3 nitrogen and oxygen atoms in total. The van der Waals surface area contributed by atoms with Gasteiger partial charge in [-0.1, -0.05) is 15.9 Å². The Hall–Kier alpha value is -0.550. The van der Waals surface area contributed by atoms with E-state index in [1.165, 1.54) is 0 Å². The first-order chi connectivity index (χ1) is 7.07. The first-order valence-electron chi connectivity index (χ1n) is 4.78. The van der Waals surface area contributed by atoms with Crippen molar-refractivity contribution in [2.75, 3.05) is 29.5 Å². The second-order valence-electron chi connectivity index (χ2n) is 3.62. The molecule has 1 aromatic rings. The van der Waals surface area contributed by atoms with Crippen LogP contribution in [0.1, 0.15) is 0 Å². The van der Waals surface area contributed by atoms with Gasteiger partial charge in [-0.05, 0) is 24.3 Å². The first kappa shape index (κ1) is 11.0. The predicted octanol–water partition coefficient (Wildman–Crippen LogP) is 1.68. The maximum Gasteiger partial charge on any atom is 0.153 e. The zero-order chi connectivity index (χ0) is 10.9. The van der Waals surface area contributed by atoms with Gasteiger partial charge in [0.05, 0.1) is 11.5 Å².